The number of nitrogens with zero attached hydrogens (tertiary/aromatic N) is 1. The van der Waals surface area contributed by atoms with Gasteiger partial charge in [0.1, 0.15) is 5.82 Å². The van der Waals surface area contributed by atoms with Gasteiger partial charge in [0.15, 0.2) is 0 Å². The van der Waals surface area contributed by atoms with Crippen molar-refractivity contribution in [2.45, 2.75) is 31.0 Å². The molecule has 3 nitrogen and oxygen atoms in total. The molecule has 2 aliphatic rings. The van der Waals surface area contributed by atoms with Gasteiger partial charge in [-0.15, -0.1) is 0 Å². The van der Waals surface area contributed by atoms with E-state index in [0.717, 1.165) is 38.2 Å². The second-order valence-electron chi connectivity index (χ2n) is 6.64. The molecule has 2 atom stereocenters. The SMILES string of the molecule is Fc1cccc(N[C@H]2CO[C@@]3(CCN(Cc4ccsc4)C3)C2)c1. The maximum Gasteiger partial charge on any atom is 0.125 e. The Hall–Kier alpha value is -1.43. The quantitative estimate of drug-likeness (QED) is 0.923. The van der Waals surface area contributed by atoms with Crippen molar-refractivity contribution in [3.63, 3.8) is 0 Å². The Kier molecular flexibility index (Phi) is 4.09. The fraction of sp³-hybridized carbons (Fsp3) is 0.444. The Labute approximate surface area is 140 Å². The van der Waals surface area contributed by atoms with E-state index in [4.69, 9.17) is 4.74 Å². The molecule has 2 fully saturated rings. The van der Waals surface area contributed by atoms with Crippen LogP contribution >= 0.6 is 11.3 Å². The molecule has 3 heterocycles. The summed E-state index contributed by atoms with van der Waals surface area (Å²) >= 11 is 1.75. The molecule has 0 bridgehead atoms. The molecule has 1 spiro atoms. The second-order valence-corrected chi connectivity index (χ2v) is 7.42. The summed E-state index contributed by atoms with van der Waals surface area (Å²) < 4.78 is 19.5. The molecule has 1 aromatic carbocycles. The van der Waals surface area contributed by atoms with Gasteiger partial charge >= 0.3 is 0 Å². The van der Waals surface area contributed by atoms with Gasteiger partial charge in [-0.1, -0.05) is 6.07 Å². The summed E-state index contributed by atoms with van der Waals surface area (Å²) in [5, 5.41) is 7.76. The Morgan fingerprint density at radius 3 is 3.17 bits per heavy atom. The molecule has 0 unspecified atom stereocenters. The summed E-state index contributed by atoms with van der Waals surface area (Å²) in [7, 11) is 0. The zero-order valence-corrected chi connectivity index (χ0v) is 13.8. The summed E-state index contributed by atoms with van der Waals surface area (Å²) in [6.45, 7) is 3.78. The van der Waals surface area contributed by atoms with Crippen LogP contribution in [0.5, 0.6) is 0 Å². The number of rotatable bonds is 4. The van der Waals surface area contributed by atoms with Gasteiger partial charge in [-0.05, 0) is 47.0 Å². The molecule has 0 saturated carbocycles. The maximum atomic E-state index is 13.3. The van der Waals surface area contributed by atoms with Gasteiger partial charge in [0.05, 0.1) is 18.2 Å². The summed E-state index contributed by atoms with van der Waals surface area (Å²) in [6, 6.07) is 9.12. The van der Waals surface area contributed by atoms with Crippen LogP contribution in [-0.4, -0.2) is 36.2 Å². The number of nitrogens with one attached hydrogen (secondary N) is 1. The first kappa shape index (κ1) is 15.1. The fourth-order valence-corrected chi connectivity index (χ4v) is 4.40. The normalized spacial score (nSPS) is 27.8. The van der Waals surface area contributed by atoms with E-state index in [1.807, 2.05) is 6.07 Å². The molecular weight excluding hydrogens is 311 g/mol. The van der Waals surface area contributed by atoms with Gasteiger partial charge in [-0.25, -0.2) is 4.39 Å². The maximum absolute atomic E-state index is 13.3. The van der Waals surface area contributed by atoms with Gasteiger partial charge in [0.2, 0.25) is 0 Å². The van der Waals surface area contributed by atoms with E-state index in [2.05, 4.69) is 27.0 Å². The first-order chi connectivity index (χ1) is 11.2. The van der Waals surface area contributed by atoms with E-state index in [-0.39, 0.29) is 17.5 Å². The molecule has 5 heteroatoms. The molecule has 0 radical (unpaired) electrons. The molecule has 23 heavy (non-hydrogen) atoms. The third-order valence-electron chi connectivity index (χ3n) is 4.79. The van der Waals surface area contributed by atoms with Crippen molar-refractivity contribution in [2.75, 3.05) is 25.0 Å². The smallest absolute Gasteiger partial charge is 0.125 e. The van der Waals surface area contributed by atoms with Crippen molar-refractivity contribution in [2.24, 2.45) is 0 Å². The van der Waals surface area contributed by atoms with Crippen LogP contribution in [0.15, 0.2) is 41.1 Å². The Morgan fingerprint density at radius 2 is 2.35 bits per heavy atom. The predicted molar refractivity (Wildman–Crippen MR) is 91.3 cm³/mol. The average Bonchev–Trinajstić information content (AvgIpc) is 3.24. The lowest BCUT2D eigenvalue weighted by Crippen LogP contribution is -2.33. The second kappa shape index (κ2) is 6.23. The number of hydrogen-bond acceptors (Lipinski definition) is 4. The van der Waals surface area contributed by atoms with Crippen molar-refractivity contribution in [1.29, 1.82) is 0 Å². The van der Waals surface area contributed by atoms with Crippen molar-refractivity contribution in [3.05, 3.63) is 52.5 Å². The van der Waals surface area contributed by atoms with Crippen LogP contribution in [-0.2, 0) is 11.3 Å². The van der Waals surface area contributed by atoms with E-state index in [9.17, 15) is 4.39 Å². The van der Waals surface area contributed by atoms with Crippen LogP contribution in [0.25, 0.3) is 0 Å². The summed E-state index contributed by atoms with van der Waals surface area (Å²) in [4.78, 5) is 2.48. The van der Waals surface area contributed by atoms with Crippen LogP contribution in [0.1, 0.15) is 18.4 Å². The largest absolute Gasteiger partial charge is 0.380 e. The molecular formula is C18H21FN2OS. The Bertz CT molecular complexity index is 663. The van der Waals surface area contributed by atoms with Crippen LogP contribution in [0.3, 0.4) is 0 Å². The van der Waals surface area contributed by atoms with E-state index in [1.165, 1.54) is 11.6 Å². The molecule has 1 aromatic heterocycles. The number of hydrogen-bond donors (Lipinski definition) is 1. The minimum Gasteiger partial charge on any atom is -0.380 e. The van der Waals surface area contributed by atoms with E-state index in [0.29, 0.717) is 6.61 Å². The third kappa shape index (κ3) is 3.42. The molecule has 2 aromatic rings. The summed E-state index contributed by atoms with van der Waals surface area (Å²) in [5.74, 6) is -0.202. The van der Waals surface area contributed by atoms with Crippen molar-refractivity contribution in [1.82, 2.24) is 4.90 Å². The van der Waals surface area contributed by atoms with Gasteiger partial charge in [0.25, 0.3) is 0 Å². The van der Waals surface area contributed by atoms with E-state index < -0.39 is 0 Å². The molecule has 0 aliphatic carbocycles. The highest BCUT2D eigenvalue weighted by molar-refractivity contribution is 7.07. The highest BCUT2D eigenvalue weighted by atomic mass is 32.1. The van der Waals surface area contributed by atoms with Crippen LogP contribution in [0, 0.1) is 5.82 Å². The van der Waals surface area contributed by atoms with Crippen LogP contribution in [0.2, 0.25) is 0 Å². The monoisotopic (exact) mass is 332 g/mol. The highest BCUT2D eigenvalue weighted by Crippen LogP contribution is 2.36. The zero-order chi connectivity index (χ0) is 15.7. The Balaban J connectivity index is 1.34. The lowest BCUT2D eigenvalue weighted by molar-refractivity contribution is 0.0120. The minimum absolute atomic E-state index is 0.0268. The number of benzene rings is 1. The topological polar surface area (TPSA) is 24.5 Å². The first-order valence-electron chi connectivity index (χ1n) is 8.10. The van der Waals surface area contributed by atoms with Gasteiger partial charge < -0.3 is 10.1 Å². The highest BCUT2D eigenvalue weighted by Gasteiger charge is 2.45. The minimum atomic E-state index is -0.202. The lowest BCUT2D eigenvalue weighted by Gasteiger charge is -2.23. The van der Waals surface area contributed by atoms with Crippen LogP contribution in [0.4, 0.5) is 10.1 Å². The van der Waals surface area contributed by atoms with E-state index >= 15 is 0 Å². The molecule has 1 N–H and O–H groups in total. The molecule has 122 valence electrons. The first-order valence-corrected chi connectivity index (χ1v) is 9.05. The lowest BCUT2D eigenvalue weighted by atomic mass is 9.97. The van der Waals surface area contributed by atoms with Gasteiger partial charge in [-0.3, -0.25) is 4.90 Å². The molecule has 2 saturated heterocycles. The van der Waals surface area contributed by atoms with Crippen molar-refractivity contribution in [3.8, 4) is 0 Å². The summed E-state index contributed by atoms with van der Waals surface area (Å²) in [5.41, 5.74) is 2.20. The third-order valence-corrected chi connectivity index (χ3v) is 5.52. The van der Waals surface area contributed by atoms with Crippen molar-refractivity contribution < 1.29 is 9.13 Å². The molecule has 0 amide bonds. The number of ether oxygens (including phenoxy) is 1. The van der Waals surface area contributed by atoms with Crippen molar-refractivity contribution >= 4 is 17.0 Å². The van der Waals surface area contributed by atoms with Gasteiger partial charge in [-0.2, -0.15) is 11.3 Å². The fourth-order valence-electron chi connectivity index (χ4n) is 3.74. The summed E-state index contributed by atoms with van der Waals surface area (Å²) in [6.07, 6.45) is 2.07. The number of likely N-dealkylation sites (tertiary alicyclic amines) is 1. The Morgan fingerprint density at radius 1 is 1.39 bits per heavy atom. The number of thiophene rings is 1. The van der Waals surface area contributed by atoms with Gasteiger partial charge in [0, 0.05) is 31.7 Å². The average molecular weight is 332 g/mol. The standard InChI is InChI=1S/C18H21FN2OS/c19-15-2-1-3-16(8-15)20-17-9-18(22-11-17)5-6-21(13-18)10-14-4-7-23-12-14/h1-4,7-8,12,17,20H,5-6,9-11,13H2/t17-,18+/m1/s1. The molecule has 2 aliphatic heterocycles. The predicted octanol–water partition coefficient (Wildman–Crippen LogP) is 3.73. The molecule has 4 rings (SSSR count). The van der Waals surface area contributed by atoms with E-state index in [1.54, 1.807) is 23.5 Å². The number of halogens is 1. The zero-order valence-electron chi connectivity index (χ0n) is 13.0. The van der Waals surface area contributed by atoms with Crippen LogP contribution < -0.4 is 5.32 Å². The number of anilines is 1.